The number of aromatic nitrogens is 4. The molecule has 7 heteroatoms. The Hall–Kier alpha value is -2.28. The molecule has 0 aliphatic carbocycles. The van der Waals surface area contributed by atoms with Crippen LogP contribution in [0.2, 0.25) is 0 Å². The highest BCUT2D eigenvalue weighted by atomic mass is 16.5. The summed E-state index contributed by atoms with van der Waals surface area (Å²) in [4.78, 5) is 29.5. The summed E-state index contributed by atoms with van der Waals surface area (Å²) in [6.45, 7) is 5.32. The van der Waals surface area contributed by atoms with Crippen molar-refractivity contribution in [2.45, 2.75) is 20.0 Å². The van der Waals surface area contributed by atoms with Crippen molar-refractivity contribution >= 4 is 5.91 Å². The van der Waals surface area contributed by atoms with Gasteiger partial charge in [-0.2, -0.15) is 0 Å². The van der Waals surface area contributed by atoms with E-state index in [0.29, 0.717) is 31.2 Å². The van der Waals surface area contributed by atoms with E-state index in [1.807, 2.05) is 19.9 Å². The summed E-state index contributed by atoms with van der Waals surface area (Å²) in [6, 6.07) is 1.90. The summed E-state index contributed by atoms with van der Waals surface area (Å²) >= 11 is 0. The third-order valence-corrected chi connectivity index (χ3v) is 3.40. The quantitative estimate of drug-likeness (QED) is 0.892. The van der Waals surface area contributed by atoms with Crippen LogP contribution >= 0.6 is 0 Å². The van der Waals surface area contributed by atoms with Gasteiger partial charge >= 0.3 is 0 Å². The maximum absolute atomic E-state index is 12.3. The van der Waals surface area contributed by atoms with Gasteiger partial charge in [0.05, 0.1) is 31.4 Å². The lowest BCUT2D eigenvalue weighted by molar-refractivity contribution is -0.0250. The number of morpholine rings is 1. The zero-order chi connectivity index (χ0) is 14.8. The molecular formula is C14H17N5O2. The van der Waals surface area contributed by atoms with Gasteiger partial charge in [0.1, 0.15) is 17.6 Å². The number of nitrogens with zero attached hydrogens (tertiary/aromatic N) is 4. The highest BCUT2D eigenvalue weighted by Crippen LogP contribution is 2.22. The van der Waals surface area contributed by atoms with E-state index in [1.54, 1.807) is 4.90 Å². The molecular weight excluding hydrogens is 270 g/mol. The number of carbonyl (C=O) groups excluding carboxylic acids is 1. The summed E-state index contributed by atoms with van der Waals surface area (Å²) in [5.41, 5.74) is 2.21. The minimum absolute atomic E-state index is 0.0664. The summed E-state index contributed by atoms with van der Waals surface area (Å²) in [5.74, 6) is 0.647. The Kier molecular flexibility index (Phi) is 3.66. The molecule has 1 aliphatic heterocycles. The number of hydrogen-bond acceptors (Lipinski definition) is 5. The third kappa shape index (κ3) is 2.92. The van der Waals surface area contributed by atoms with E-state index in [-0.39, 0.29) is 12.0 Å². The molecule has 0 radical (unpaired) electrons. The molecule has 3 heterocycles. The summed E-state index contributed by atoms with van der Waals surface area (Å²) < 4.78 is 5.76. The van der Waals surface area contributed by atoms with Gasteiger partial charge in [0, 0.05) is 12.2 Å². The Bertz CT molecular complexity index is 621. The molecule has 1 unspecified atom stereocenters. The maximum Gasteiger partial charge on any atom is 0.272 e. The minimum Gasteiger partial charge on any atom is -0.368 e. The van der Waals surface area contributed by atoms with Crippen molar-refractivity contribution < 1.29 is 9.53 Å². The van der Waals surface area contributed by atoms with Crippen LogP contribution < -0.4 is 0 Å². The largest absolute Gasteiger partial charge is 0.368 e. The van der Waals surface area contributed by atoms with Gasteiger partial charge in [-0.25, -0.2) is 15.0 Å². The van der Waals surface area contributed by atoms with E-state index in [9.17, 15) is 4.79 Å². The second-order valence-electron chi connectivity index (χ2n) is 5.06. The average molecular weight is 287 g/mol. The molecule has 3 rings (SSSR count). The highest BCUT2D eigenvalue weighted by Gasteiger charge is 2.27. The van der Waals surface area contributed by atoms with Crippen molar-refractivity contribution in [2.75, 3.05) is 19.7 Å². The number of ether oxygens (including phenoxy) is 1. The van der Waals surface area contributed by atoms with Gasteiger partial charge in [-0.05, 0) is 19.9 Å². The molecule has 1 atom stereocenters. The van der Waals surface area contributed by atoms with Gasteiger partial charge in [0.2, 0.25) is 0 Å². The van der Waals surface area contributed by atoms with Gasteiger partial charge in [-0.3, -0.25) is 4.79 Å². The van der Waals surface area contributed by atoms with Crippen molar-refractivity contribution in [3.8, 4) is 0 Å². The molecule has 0 aromatic carbocycles. The molecule has 2 aromatic rings. The summed E-state index contributed by atoms with van der Waals surface area (Å²) in [7, 11) is 0. The number of aryl methyl sites for hydroxylation is 2. The molecule has 1 aliphatic rings. The van der Waals surface area contributed by atoms with Crippen molar-refractivity contribution in [3.05, 3.63) is 41.5 Å². The SMILES string of the molecule is Cc1cc(C2CN(C(=O)c3cnc[nH]3)CCO2)nc(C)n1. The number of aromatic amines is 1. The van der Waals surface area contributed by atoms with Crippen molar-refractivity contribution in [1.29, 1.82) is 0 Å². The molecule has 7 nitrogen and oxygen atoms in total. The van der Waals surface area contributed by atoms with Crippen LogP contribution in [0.4, 0.5) is 0 Å². The lowest BCUT2D eigenvalue weighted by Gasteiger charge is -2.32. The zero-order valence-electron chi connectivity index (χ0n) is 12.0. The first-order chi connectivity index (χ1) is 10.1. The Morgan fingerprint density at radius 1 is 1.43 bits per heavy atom. The van der Waals surface area contributed by atoms with Crippen LogP contribution in [0.25, 0.3) is 0 Å². The predicted molar refractivity (Wildman–Crippen MR) is 74.7 cm³/mol. The number of carbonyl (C=O) groups is 1. The fraction of sp³-hybridized carbons (Fsp3) is 0.429. The van der Waals surface area contributed by atoms with E-state index in [1.165, 1.54) is 12.5 Å². The van der Waals surface area contributed by atoms with Crippen molar-refractivity contribution in [1.82, 2.24) is 24.8 Å². The molecule has 1 N–H and O–H groups in total. The second-order valence-corrected chi connectivity index (χ2v) is 5.06. The second kappa shape index (κ2) is 5.61. The molecule has 110 valence electrons. The molecule has 1 saturated heterocycles. The number of amides is 1. The molecule has 2 aromatic heterocycles. The lowest BCUT2D eigenvalue weighted by atomic mass is 10.1. The Morgan fingerprint density at radius 2 is 2.29 bits per heavy atom. The monoisotopic (exact) mass is 287 g/mol. The van der Waals surface area contributed by atoms with Gasteiger partial charge in [-0.15, -0.1) is 0 Å². The lowest BCUT2D eigenvalue weighted by Crippen LogP contribution is -2.42. The van der Waals surface area contributed by atoms with Crippen LogP contribution in [0.3, 0.4) is 0 Å². The first-order valence-electron chi connectivity index (χ1n) is 6.85. The van der Waals surface area contributed by atoms with Crippen LogP contribution in [0.5, 0.6) is 0 Å². The number of H-pyrrole nitrogens is 1. The standard InChI is InChI=1S/C14H17N5O2/c1-9-5-11(18-10(2)17-9)13-7-19(3-4-21-13)14(20)12-6-15-8-16-12/h5-6,8,13H,3-4,7H2,1-2H3,(H,15,16). The third-order valence-electron chi connectivity index (χ3n) is 3.40. The topological polar surface area (TPSA) is 84.0 Å². The van der Waals surface area contributed by atoms with Crippen LogP contribution in [0.15, 0.2) is 18.6 Å². The number of rotatable bonds is 2. The van der Waals surface area contributed by atoms with E-state index in [4.69, 9.17) is 4.74 Å². The Morgan fingerprint density at radius 3 is 3.00 bits per heavy atom. The number of imidazole rings is 1. The molecule has 1 fully saturated rings. The van der Waals surface area contributed by atoms with E-state index in [0.717, 1.165) is 11.4 Å². The molecule has 0 bridgehead atoms. The normalized spacial score (nSPS) is 18.8. The zero-order valence-corrected chi connectivity index (χ0v) is 12.0. The van der Waals surface area contributed by atoms with Crippen molar-refractivity contribution in [3.63, 3.8) is 0 Å². The smallest absolute Gasteiger partial charge is 0.272 e. The maximum atomic E-state index is 12.3. The number of nitrogens with one attached hydrogen (secondary N) is 1. The van der Waals surface area contributed by atoms with E-state index >= 15 is 0 Å². The molecule has 1 amide bonds. The van der Waals surface area contributed by atoms with Crippen LogP contribution in [0.1, 0.15) is 33.8 Å². The fourth-order valence-corrected chi connectivity index (χ4v) is 2.47. The van der Waals surface area contributed by atoms with E-state index in [2.05, 4.69) is 19.9 Å². The van der Waals surface area contributed by atoms with Crippen LogP contribution in [-0.2, 0) is 4.74 Å². The fourth-order valence-electron chi connectivity index (χ4n) is 2.47. The summed E-state index contributed by atoms with van der Waals surface area (Å²) in [6.07, 6.45) is 2.82. The van der Waals surface area contributed by atoms with E-state index < -0.39 is 0 Å². The predicted octanol–water partition coefficient (Wildman–Crippen LogP) is 1.03. The summed E-state index contributed by atoms with van der Waals surface area (Å²) in [5, 5.41) is 0. The van der Waals surface area contributed by atoms with Gasteiger partial charge in [-0.1, -0.05) is 0 Å². The first kappa shape index (κ1) is 13.7. The van der Waals surface area contributed by atoms with Crippen LogP contribution in [-0.4, -0.2) is 50.4 Å². The Balaban J connectivity index is 1.78. The van der Waals surface area contributed by atoms with Crippen molar-refractivity contribution in [2.24, 2.45) is 0 Å². The first-order valence-corrected chi connectivity index (χ1v) is 6.85. The Labute approximate surface area is 122 Å². The minimum atomic E-state index is -0.217. The van der Waals surface area contributed by atoms with Gasteiger partial charge in [0.25, 0.3) is 5.91 Å². The van der Waals surface area contributed by atoms with Gasteiger partial charge in [0.15, 0.2) is 0 Å². The van der Waals surface area contributed by atoms with Crippen LogP contribution in [0, 0.1) is 13.8 Å². The molecule has 0 spiro atoms. The molecule has 0 saturated carbocycles. The number of hydrogen-bond donors (Lipinski definition) is 1. The molecule has 21 heavy (non-hydrogen) atoms. The van der Waals surface area contributed by atoms with Gasteiger partial charge < -0.3 is 14.6 Å². The average Bonchev–Trinajstić information content (AvgIpc) is 3.00. The highest BCUT2D eigenvalue weighted by molar-refractivity contribution is 5.92.